The van der Waals surface area contributed by atoms with Crippen LogP contribution < -0.4 is 5.32 Å². The molecule has 1 aliphatic rings. The quantitative estimate of drug-likeness (QED) is 0.844. The number of benzene rings is 2. The third-order valence-corrected chi connectivity index (χ3v) is 3.93. The topological polar surface area (TPSA) is 44.6 Å². The van der Waals surface area contributed by atoms with Crippen molar-refractivity contribution in [2.45, 2.75) is 24.9 Å². The molecule has 3 rings (SSSR count). The highest BCUT2D eigenvalue weighted by molar-refractivity contribution is 5.83. The minimum atomic E-state index is 0.0910. The van der Waals surface area contributed by atoms with E-state index in [1.165, 1.54) is 12.0 Å². The monoisotopic (exact) mass is 280 g/mol. The second kappa shape index (κ2) is 6.55. The molecule has 1 saturated heterocycles. The minimum Gasteiger partial charge on any atom is -0.507 e. The summed E-state index contributed by atoms with van der Waals surface area (Å²) >= 11 is 0. The fourth-order valence-electron chi connectivity index (χ4n) is 2.81. The molecule has 2 aromatic rings. The van der Waals surface area contributed by atoms with E-state index in [9.17, 15) is 5.11 Å². The summed E-state index contributed by atoms with van der Waals surface area (Å²) in [5, 5.41) is 13.4. The second-order valence-corrected chi connectivity index (χ2v) is 5.40. The summed E-state index contributed by atoms with van der Waals surface area (Å²) in [5.41, 5.74) is 1.97. The SMILES string of the molecule is Oc1ccccc1C=NC(c1ccccc1)C1CCCN1. The summed E-state index contributed by atoms with van der Waals surface area (Å²) in [5.74, 6) is 0.271. The van der Waals surface area contributed by atoms with Gasteiger partial charge in [-0.2, -0.15) is 0 Å². The van der Waals surface area contributed by atoms with Crippen molar-refractivity contribution in [3.05, 3.63) is 65.7 Å². The molecule has 21 heavy (non-hydrogen) atoms. The van der Waals surface area contributed by atoms with Crippen molar-refractivity contribution < 1.29 is 5.11 Å². The Morgan fingerprint density at radius 2 is 1.86 bits per heavy atom. The number of phenols is 1. The Bertz CT molecular complexity index is 604. The number of aromatic hydroxyl groups is 1. The average Bonchev–Trinajstić information content (AvgIpc) is 3.04. The molecule has 2 atom stereocenters. The fraction of sp³-hybridized carbons (Fsp3) is 0.278. The number of nitrogens with zero attached hydrogens (tertiary/aromatic N) is 1. The zero-order chi connectivity index (χ0) is 14.5. The van der Waals surface area contributed by atoms with E-state index in [0.717, 1.165) is 18.5 Å². The molecule has 2 N–H and O–H groups in total. The molecule has 0 aliphatic carbocycles. The highest BCUT2D eigenvalue weighted by Crippen LogP contribution is 2.27. The van der Waals surface area contributed by atoms with Crippen molar-refractivity contribution in [3.63, 3.8) is 0 Å². The van der Waals surface area contributed by atoms with Crippen molar-refractivity contribution >= 4 is 6.21 Å². The van der Waals surface area contributed by atoms with Gasteiger partial charge in [0.05, 0.1) is 6.04 Å². The van der Waals surface area contributed by atoms with Crippen LogP contribution in [0, 0.1) is 0 Å². The number of hydrogen-bond donors (Lipinski definition) is 2. The van der Waals surface area contributed by atoms with Crippen molar-refractivity contribution in [2.24, 2.45) is 4.99 Å². The van der Waals surface area contributed by atoms with Crippen LogP contribution in [-0.4, -0.2) is 23.9 Å². The molecule has 0 saturated carbocycles. The van der Waals surface area contributed by atoms with Crippen LogP contribution in [-0.2, 0) is 0 Å². The number of phenolic OH excluding ortho intramolecular Hbond substituents is 1. The first-order valence-corrected chi connectivity index (χ1v) is 7.44. The van der Waals surface area contributed by atoms with Crippen LogP contribution in [0.3, 0.4) is 0 Å². The van der Waals surface area contributed by atoms with E-state index in [4.69, 9.17) is 4.99 Å². The van der Waals surface area contributed by atoms with Gasteiger partial charge in [0.25, 0.3) is 0 Å². The molecule has 0 amide bonds. The van der Waals surface area contributed by atoms with Crippen LogP contribution in [0.25, 0.3) is 0 Å². The van der Waals surface area contributed by atoms with Crippen molar-refractivity contribution in [2.75, 3.05) is 6.54 Å². The van der Waals surface area contributed by atoms with Gasteiger partial charge in [0.1, 0.15) is 5.75 Å². The first kappa shape index (κ1) is 13.8. The smallest absolute Gasteiger partial charge is 0.124 e. The number of aliphatic imine (C=N–C) groups is 1. The number of hydrogen-bond acceptors (Lipinski definition) is 3. The highest BCUT2D eigenvalue weighted by Gasteiger charge is 2.24. The number of nitrogens with one attached hydrogen (secondary N) is 1. The average molecular weight is 280 g/mol. The Balaban J connectivity index is 1.87. The van der Waals surface area contributed by atoms with Gasteiger partial charge in [-0.15, -0.1) is 0 Å². The van der Waals surface area contributed by atoms with Gasteiger partial charge in [-0.05, 0) is 37.1 Å². The predicted octanol–water partition coefficient (Wildman–Crippen LogP) is 3.30. The molecule has 0 aromatic heterocycles. The van der Waals surface area contributed by atoms with Crippen molar-refractivity contribution in [3.8, 4) is 5.75 Å². The largest absolute Gasteiger partial charge is 0.507 e. The summed E-state index contributed by atoms with van der Waals surface area (Å²) in [4.78, 5) is 4.76. The first-order valence-electron chi connectivity index (χ1n) is 7.44. The van der Waals surface area contributed by atoms with Crippen LogP contribution in [0.1, 0.15) is 30.0 Å². The molecule has 1 fully saturated rings. The van der Waals surface area contributed by atoms with Gasteiger partial charge in [-0.3, -0.25) is 4.99 Å². The first-order chi connectivity index (χ1) is 10.3. The second-order valence-electron chi connectivity index (χ2n) is 5.40. The summed E-state index contributed by atoms with van der Waals surface area (Å²) in [6, 6.07) is 18.1. The summed E-state index contributed by atoms with van der Waals surface area (Å²) in [7, 11) is 0. The van der Waals surface area contributed by atoms with Crippen molar-refractivity contribution in [1.82, 2.24) is 5.32 Å². The lowest BCUT2D eigenvalue weighted by atomic mass is 9.98. The van der Waals surface area contributed by atoms with Crippen LogP contribution in [0.15, 0.2) is 59.6 Å². The van der Waals surface area contributed by atoms with Gasteiger partial charge < -0.3 is 10.4 Å². The normalized spacial score (nSPS) is 19.9. The summed E-state index contributed by atoms with van der Waals surface area (Å²) < 4.78 is 0. The molecular weight excluding hydrogens is 260 g/mol. The third-order valence-electron chi connectivity index (χ3n) is 3.93. The van der Waals surface area contributed by atoms with Gasteiger partial charge >= 0.3 is 0 Å². The Labute approximate surface area is 125 Å². The molecule has 0 spiro atoms. The Morgan fingerprint density at radius 1 is 1.10 bits per heavy atom. The van der Waals surface area contributed by atoms with E-state index in [0.29, 0.717) is 6.04 Å². The Kier molecular flexibility index (Phi) is 4.31. The maximum absolute atomic E-state index is 9.85. The lowest BCUT2D eigenvalue weighted by Crippen LogP contribution is -2.28. The lowest BCUT2D eigenvalue weighted by Gasteiger charge is -2.20. The molecule has 1 heterocycles. The summed E-state index contributed by atoms with van der Waals surface area (Å²) in [6.07, 6.45) is 4.12. The molecule has 2 unspecified atom stereocenters. The van der Waals surface area contributed by atoms with Crippen LogP contribution in [0.2, 0.25) is 0 Å². The Hall–Kier alpha value is -2.13. The van der Waals surface area contributed by atoms with E-state index < -0.39 is 0 Å². The van der Waals surface area contributed by atoms with Crippen molar-refractivity contribution in [1.29, 1.82) is 0 Å². The predicted molar refractivity (Wildman–Crippen MR) is 85.9 cm³/mol. The van der Waals surface area contributed by atoms with Gasteiger partial charge in [0.15, 0.2) is 0 Å². The van der Waals surface area contributed by atoms with Gasteiger partial charge in [0.2, 0.25) is 0 Å². The van der Waals surface area contributed by atoms with Crippen LogP contribution in [0.4, 0.5) is 0 Å². The van der Waals surface area contributed by atoms with Crippen LogP contribution >= 0.6 is 0 Å². The number of para-hydroxylation sites is 1. The summed E-state index contributed by atoms with van der Waals surface area (Å²) in [6.45, 7) is 1.06. The van der Waals surface area contributed by atoms with E-state index in [-0.39, 0.29) is 11.8 Å². The van der Waals surface area contributed by atoms with E-state index in [2.05, 4.69) is 17.4 Å². The molecule has 3 heteroatoms. The standard InChI is InChI=1S/C18H20N2O/c21-17-11-5-4-9-15(17)13-20-18(16-10-6-12-19-16)14-7-2-1-3-8-14/h1-5,7-9,11,13,16,18-19,21H,6,10,12H2. The van der Waals surface area contributed by atoms with Gasteiger partial charge in [-0.1, -0.05) is 42.5 Å². The zero-order valence-corrected chi connectivity index (χ0v) is 11.9. The molecule has 108 valence electrons. The van der Waals surface area contributed by atoms with Gasteiger partial charge in [0, 0.05) is 17.8 Å². The molecule has 0 bridgehead atoms. The molecule has 3 nitrogen and oxygen atoms in total. The molecule has 1 aliphatic heterocycles. The molecular formula is C18H20N2O. The zero-order valence-electron chi connectivity index (χ0n) is 11.9. The maximum Gasteiger partial charge on any atom is 0.124 e. The van der Waals surface area contributed by atoms with Crippen LogP contribution in [0.5, 0.6) is 5.75 Å². The van der Waals surface area contributed by atoms with Gasteiger partial charge in [-0.25, -0.2) is 0 Å². The maximum atomic E-state index is 9.85. The lowest BCUT2D eigenvalue weighted by molar-refractivity contribution is 0.474. The highest BCUT2D eigenvalue weighted by atomic mass is 16.3. The van der Waals surface area contributed by atoms with E-state index in [1.807, 2.05) is 36.4 Å². The Morgan fingerprint density at radius 3 is 2.57 bits per heavy atom. The van der Waals surface area contributed by atoms with E-state index >= 15 is 0 Å². The third kappa shape index (κ3) is 3.31. The van der Waals surface area contributed by atoms with E-state index in [1.54, 1.807) is 12.3 Å². The fourth-order valence-corrected chi connectivity index (χ4v) is 2.81. The number of rotatable bonds is 4. The minimum absolute atomic E-state index is 0.0910. The molecule has 2 aromatic carbocycles. The molecule has 0 radical (unpaired) electrons.